The van der Waals surface area contributed by atoms with Crippen LogP contribution in [0.4, 0.5) is 10.1 Å². The SMILES string of the molecule is O=C(NCC#CCOc1ccc2cccnc2c1)C1CC(=O)N(c2ccc(F)cc2)C1. The van der Waals surface area contributed by atoms with Crippen LogP contribution in [0.5, 0.6) is 5.75 Å². The molecule has 3 aromatic rings. The van der Waals surface area contributed by atoms with Crippen molar-refractivity contribution >= 4 is 28.4 Å². The third kappa shape index (κ3) is 4.98. The summed E-state index contributed by atoms with van der Waals surface area (Å²) in [6.45, 7) is 0.625. The molecule has 2 heterocycles. The zero-order chi connectivity index (χ0) is 21.6. The Morgan fingerprint density at radius 3 is 2.87 bits per heavy atom. The molecule has 0 saturated carbocycles. The van der Waals surface area contributed by atoms with Crippen LogP contribution in [0.25, 0.3) is 10.9 Å². The van der Waals surface area contributed by atoms with Gasteiger partial charge in [-0.25, -0.2) is 4.39 Å². The molecule has 1 aliphatic heterocycles. The van der Waals surface area contributed by atoms with Crippen molar-refractivity contribution in [3.05, 3.63) is 66.6 Å². The van der Waals surface area contributed by atoms with Gasteiger partial charge >= 0.3 is 0 Å². The molecule has 156 valence electrons. The molecule has 2 amide bonds. The van der Waals surface area contributed by atoms with Crippen molar-refractivity contribution in [3.63, 3.8) is 0 Å². The van der Waals surface area contributed by atoms with Gasteiger partial charge in [-0.2, -0.15) is 0 Å². The molecule has 1 aliphatic rings. The highest BCUT2D eigenvalue weighted by Gasteiger charge is 2.34. The average molecular weight is 417 g/mol. The first-order valence-corrected chi connectivity index (χ1v) is 9.87. The normalized spacial score (nSPS) is 15.5. The van der Waals surface area contributed by atoms with E-state index in [4.69, 9.17) is 4.74 Å². The summed E-state index contributed by atoms with van der Waals surface area (Å²) in [7, 11) is 0. The van der Waals surface area contributed by atoms with Gasteiger partial charge in [-0.1, -0.05) is 17.9 Å². The molecule has 0 bridgehead atoms. The van der Waals surface area contributed by atoms with Crippen molar-refractivity contribution < 1.29 is 18.7 Å². The fraction of sp³-hybridized carbons (Fsp3) is 0.208. The first-order chi connectivity index (χ1) is 15.1. The molecule has 0 aliphatic carbocycles. The Hall–Kier alpha value is -3.92. The van der Waals surface area contributed by atoms with Gasteiger partial charge in [0.15, 0.2) is 0 Å². The van der Waals surface area contributed by atoms with E-state index in [9.17, 15) is 14.0 Å². The number of rotatable bonds is 5. The highest BCUT2D eigenvalue weighted by atomic mass is 19.1. The molecule has 2 aromatic carbocycles. The molecule has 0 radical (unpaired) electrons. The number of carbonyl (C=O) groups excluding carboxylic acids is 2. The number of aromatic nitrogens is 1. The lowest BCUT2D eigenvalue weighted by Gasteiger charge is -2.16. The maximum absolute atomic E-state index is 13.1. The Labute approximate surface area is 179 Å². The Balaban J connectivity index is 1.23. The molecule has 6 nitrogen and oxygen atoms in total. The van der Waals surface area contributed by atoms with E-state index in [1.54, 1.807) is 6.20 Å². The van der Waals surface area contributed by atoms with E-state index in [1.165, 1.54) is 29.2 Å². The van der Waals surface area contributed by atoms with Gasteiger partial charge in [-0.05, 0) is 42.5 Å². The Morgan fingerprint density at radius 2 is 2.03 bits per heavy atom. The fourth-order valence-corrected chi connectivity index (χ4v) is 3.40. The molecular formula is C24H20FN3O3. The first-order valence-electron chi connectivity index (χ1n) is 9.87. The molecule has 4 rings (SSSR count). The van der Waals surface area contributed by atoms with E-state index < -0.39 is 5.92 Å². The zero-order valence-corrected chi connectivity index (χ0v) is 16.7. The lowest BCUT2D eigenvalue weighted by Crippen LogP contribution is -2.33. The molecule has 1 N–H and O–H groups in total. The number of hydrogen-bond donors (Lipinski definition) is 1. The minimum absolute atomic E-state index is 0.121. The molecule has 7 heteroatoms. The predicted molar refractivity (Wildman–Crippen MR) is 115 cm³/mol. The lowest BCUT2D eigenvalue weighted by molar-refractivity contribution is -0.126. The molecular weight excluding hydrogens is 397 g/mol. The number of nitrogens with zero attached hydrogens (tertiary/aromatic N) is 2. The van der Waals surface area contributed by atoms with Crippen molar-refractivity contribution in [2.24, 2.45) is 5.92 Å². The Kier molecular flexibility index (Phi) is 6.08. The number of anilines is 1. The summed E-state index contributed by atoms with van der Waals surface area (Å²) >= 11 is 0. The van der Waals surface area contributed by atoms with Crippen molar-refractivity contribution in [1.29, 1.82) is 0 Å². The minimum atomic E-state index is -0.458. The van der Waals surface area contributed by atoms with Gasteiger partial charge in [0.1, 0.15) is 18.2 Å². The van der Waals surface area contributed by atoms with Crippen molar-refractivity contribution in [2.45, 2.75) is 6.42 Å². The number of pyridine rings is 1. The highest BCUT2D eigenvalue weighted by Crippen LogP contribution is 2.25. The van der Waals surface area contributed by atoms with E-state index in [-0.39, 0.29) is 43.7 Å². The fourth-order valence-electron chi connectivity index (χ4n) is 3.40. The van der Waals surface area contributed by atoms with Crippen LogP contribution >= 0.6 is 0 Å². The van der Waals surface area contributed by atoms with E-state index in [0.29, 0.717) is 11.4 Å². The van der Waals surface area contributed by atoms with Crippen LogP contribution < -0.4 is 15.0 Å². The standard InChI is InChI=1S/C24H20FN3O3/c25-19-6-8-20(9-7-19)28-16-18(14-23(28)29)24(30)27-11-1-2-13-31-21-10-5-17-4-3-12-26-22(17)15-21/h3-10,12,15,18H,11,13-14,16H2,(H,27,30). The largest absolute Gasteiger partial charge is 0.481 e. The number of halogens is 1. The number of carbonyl (C=O) groups is 2. The van der Waals surface area contributed by atoms with Crippen molar-refractivity contribution in [3.8, 4) is 17.6 Å². The maximum Gasteiger partial charge on any atom is 0.227 e. The molecule has 1 aromatic heterocycles. The summed E-state index contributed by atoms with van der Waals surface area (Å²) in [6.07, 6.45) is 1.85. The van der Waals surface area contributed by atoms with E-state index in [2.05, 4.69) is 22.1 Å². The topological polar surface area (TPSA) is 71.5 Å². The number of benzene rings is 2. The number of nitrogens with one attached hydrogen (secondary N) is 1. The lowest BCUT2D eigenvalue weighted by atomic mass is 10.1. The molecule has 1 atom stereocenters. The van der Waals surface area contributed by atoms with Crippen LogP contribution in [0.15, 0.2) is 60.8 Å². The molecule has 1 unspecified atom stereocenters. The number of ether oxygens (including phenoxy) is 1. The number of amides is 2. The van der Waals surface area contributed by atoms with Crippen LogP contribution in [-0.2, 0) is 9.59 Å². The van der Waals surface area contributed by atoms with Crippen molar-refractivity contribution in [2.75, 3.05) is 24.6 Å². The predicted octanol–water partition coefficient (Wildman–Crippen LogP) is 2.93. The van der Waals surface area contributed by atoms with Crippen molar-refractivity contribution in [1.82, 2.24) is 10.3 Å². The van der Waals surface area contributed by atoms with Crippen LogP contribution in [0.3, 0.4) is 0 Å². The number of fused-ring (bicyclic) bond motifs is 1. The first kappa shape index (κ1) is 20.4. The second kappa shape index (κ2) is 9.26. The van der Waals surface area contributed by atoms with Gasteiger partial charge in [0.2, 0.25) is 11.8 Å². The second-order valence-corrected chi connectivity index (χ2v) is 7.10. The van der Waals surface area contributed by atoms with Gasteiger partial charge in [-0.15, -0.1) is 0 Å². The van der Waals surface area contributed by atoms with Gasteiger partial charge in [-0.3, -0.25) is 14.6 Å². The van der Waals surface area contributed by atoms with Gasteiger partial charge in [0, 0.05) is 36.3 Å². The van der Waals surface area contributed by atoms with Crippen LogP contribution in [0, 0.1) is 23.6 Å². The van der Waals surface area contributed by atoms with Crippen LogP contribution in [-0.4, -0.2) is 36.5 Å². The molecule has 0 spiro atoms. The van der Waals surface area contributed by atoms with E-state index in [1.807, 2.05) is 30.3 Å². The summed E-state index contributed by atoms with van der Waals surface area (Å²) < 4.78 is 18.7. The van der Waals surface area contributed by atoms with Gasteiger partial charge in [0.25, 0.3) is 0 Å². The minimum Gasteiger partial charge on any atom is -0.481 e. The zero-order valence-electron chi connectivity index (χ0n) is 16.7. The summed E-state index contributed by atoms with van der Waals surface area (Å²) in [5, 5.41) is 3.77. The Morgan fingerprint density at radius 1 is 1.19 bits per heavy atom. The number of hydrogen-bond acceptors (Lipinski definition) is 4. The summed E-state index contributed by atoms with van der Waals surface area (Å²) in [4.78, 5) is 30.3. The van der Waals surface area contributed by atoms with Crippen LogP contribution in [0.2, 0.25) is 0 Å². The molecule has 31 heavy (non-hydrogen) atoms. The van der Waals surface area contributed by atoms with Crippen LogP contribution in [0.1, 0.15) is 6.42 Å². The smallest absolute Gasteiger partial charge is 0.227 e. The molecule has 1 fully saturated rings. The van der Waals surface area contributed by atoms with Gasteiger partial charge in [0.05, 0.1) is 18.0 Å². The quantitative estimate of drug-likeness (QED) is 0.648. The molecule has 1 saturated heterocycles. The summed E-state index contributed by atoms with van der Waals surface area (Å²) in [5.74, 6) is 5.16. The average Bonchev–Trinajstić information content (AvgIpc) is 3.18. The monoisotopic (exact) mass is 417 g/mol. The van der Waals surface area contributed by atoms with E-state index in [0.717, 1.165) is 10.9 Å². The third-order valence-corrected chi connectivity index (χ3v) is 5.00. The second-order valence-electron chi connectivity index (χ2n) is 7.10. The highest BCUT2D eigenvalue weighted by molar-refractivity contribution is 6.00. The van der Waals surface area contributed by atoms with Gasteiger partial charge < -0.3 is 15.0 Å². The summed E-state index contributed by atoms with van der Waals surface area (Å²) in [6, 6.07) is 15.2. The summed E-state index contributed by atoms with van der Waals surface area (Å²) in [5.41, 5.74) is 1.43. The maximum atomic E-state index is 13.1. The third-order valence-electron chi connectivity index (χ3n) is 5.00. The Bertz CT molecular complexity index is 1170. The van der Waals surface area contributed by atoms with E-state index >= 15 is 0 Å².